The normalized spacial score (nSPS) is 17.9. The Bertz CT molecular complexity index is 402. The molecule has 1 fully saturated rings. The lowest BCUT2D eigenvalue weighted by molar-refractivity contribution is 0.0836. The molecule has 1 saturated carbocycles. The monoisotopic (exact) mass is 251 g/mol. The third-order valence-corrected chi connectivity index (χ3v) is 3.76. The maximum absolute atomic E-state index is 11.8. The molecule has 18 heavy (non-hydrogen) atoms. The minimum Gasteiger partial charge on any atom is -0.391 e. The summed E-state index contributed by atoms with van der Waals surface area (Å²) in [6.45, 7) is 2.22. The number of nitrogens with one attached hydrogen (secondary N) is 1. The van der Waals surface area contributed by atoms with E-state index in [0.29, 0.717) is 18.2 Å². The number of aromatic nitrogens is 2. The Kier molecular flexibility index (Phi) is 4.01. The molecule has 0 aromatic carbocycles. The van der Waals surface area contributed by atoms with Crippen LogP contribution < -0.4 is 5.32 Å². The zero-order valence-corrected chi connectivity index (χ0v) is 11.0. The highest BCUT2D eigenvalue weighted by Gasteiger charge is 2.23. The molecule has 1 heterocycles. The molecule has 1 amide bonds. The van der Waals surface area contributed by atoms with Crippen molar-refractivity contribution in [2.45, 2.75) is 38.7 Å². The molecule has 5 nitrogen and oxygen atoms in total. The predicted octanol–water partition coefficient (Wildman–Crippen LogP) is 1.01. The van der Waals surface area contributed by atoms with Gasteiger partial charge in [0.2, 0.25) is 0 Å². The molecule has 1 atom stereocenters. The van der Waals surface area contributed by atoms with Crippen molar-refractivity contribution in [3.8, 4) is 0 Å². The lowest BCUT2D eigenvalue weighted by atomic mass is 10.0. The summed E-state index contributed by atoms with van der Waals surface area (Å²) in [7, 11) is 1.81. The van der Waals surface area contributed by atoms with Gasteiger partial charge in [0.05, 0.1) is 6.10 Å². The summed E-state index contributed by atoms with van der Waals surface area (Å²) in [4.78, 5) is 11.8. The van der Waals surface area contributed by atoms with Crippen LogP contribution in [0.1, 0.15) is 41.9 Å². The van der Waals surface area contributed by atoms with E-state index in [0.717, 1.165) is 18.5 Å². The summed E-state index contributed by atoms with van der Waals surface area (Å²) in [5, 5.41) is 16.8. The number of hydrogen-bond acceptors (Lipinski definition) is 3. The van der Waals surface area contributed by atoms with Crippen molar-refractivity contribution in [2.75, 3.05) is 6.54 Å². The molecule has 0 spiro atoms. The molecule has 1 aromatic heterocycles. The van der Waals surface area contributed by atoms with Gasteiger partial charge in [-0.05, 0) is 31.7 Å². The highest BCUT2D eigenvalue weighted by Crippen LogP contribution is 2.27. The Labute approximate surface area is 107 Å². The third kappa shape index (κ3) is 2.90. The van der Waals surface area contributed by atoms with Gasteiger partial charge in [0.25, 0.3) is 5.91 Å². The van der Waals surface area contributed by atoms with Crippen LogP contribution in [0.5, 0.6) is 0 Å². The zero-order valence-electron chi connectivity index (χ0n) is 11.0. The van der Waals surface area contributed by atoms with E-state index >= 15 is 0 Å². The van der Waals surface area contributed by atoms with E-state index in [-0.39, 0.29) is 5.91 Å². The Morgan fingerprint density at radius 1 is 1.61 bits per heavy atom. The molecule has 1 unspecified atom stereocenters. The topological polar surface area (TPSA) is 67.2 Å². The summed E-state index contributed by atoms with van der Waals surface area (Å²) >= 11 is 0. The van der Waals surface area contributed by atoms with Crippen molar-refractivity contribution < 1.29 is 9.90 Å². The SMILES string of the molecule is Cc1cc(C(=O)NCC(O)C2CCCC2)nn1C. The second-order valence-electron chi connectivity index (χ2n) is 5.12. The van der Waals surface area contributed by atoms with E-state index < -0.39 is 6.10 Å². The van der Waals surface area contributed by atoms with Crippen molar-refractivity contribution in [3.05, 3.63) is 17.5 Å². The van der Waals surface area contributed by atoms with Gasteiger partial charge in [-0.3, -0.25) is 9.48 Å². The average molecular weight is 251 g/mol. The van der Waals surface area contributed by atoms with Crippen molar-refractivity contribution in [3.63, 3.8) is 0 Å². The summed E-state index contributed by atoms with van der Waals surface area (Å²) < 4.78 is 1.67. The smallest absolute Gasteiger partial charge is 0.271 e. The van der Waals surface area contributed by atoms with Crippen LogP contribution >= 0.6 is 0 Å². The number of rotatable bonds is 4. The van der Waals surface area contributed by atoms with Crippen LogP contribution in [0.2, 0.25) is 0 Å². The number of aryl methyl sites for hydroxylation is 2. The average Bonchev–Trinajstić information content (AvgIpc) is 2.97. The number of aliphatic hydroxyl groups is 1. The maximum atomic E-state index is 11.8. The Morgan fingerprint density at radius 3 is 2.83 bits per heavy atom. The largest absolute Gasteiger partial charge is 0.391 e. The van der Waals surface area contributed by atoms with Crippen LogP contribution in [0.15, 0.2) is 6.07 Å². The van der Waals surface area contributed by atoms with Gasteiger partial charge >= 0.3 is 0 Å². The van der Waals surface area contributed by atoms with Gasteiger partial charge in [0.15, 0.2) is 0 Å². The molecule has 5 heteroatoms. The van der Waals surface area contributed by atoms with Crippen molar-refractivity contribution in [1.29, 1.82) is 0 Å². The highest BCUT2D eigenvalue weighted by atomic mass is 16.3. The number of carbonyl (C=O) groups excluding carboxylic acids is 1. The molecule has 2 N–H and O–H groups in total. The molecule has 1 aliphatic carbocycles. The van der Waals surface area contributed by atoms with Crippen LogP contribution in [-0.4, -0.2) is 33.4 Å². The first kappa shape index (κ1) is 13.1. The second kappa shape index (κ2) is 5.52. The van der Waals surface area contributed by atoms with Crippen LogP contribution in [0.3, 0.4) is 0 Å². The number of hydrogen-bond donors (Lipinski definition) is 2. The minimum atomic E-state index is -0.429. The van der Waals surface area contributed by atoms with E-state index in [2.05, 4.69) is 10.4 Å². The second-order valence-corrected chi connectivity index (χ2v) is 5.12. The van der Waals surface area contributed by atoms with E-state index in [4.69, 9.17) is 0 Å². The first-order chi connectivity index (χ1) is 8.58. The molecule has 2 rings (SSSR count). The van der Waals surface area contributed by atoms with Gasteiger partial charge in [-0.2, -0.15) is 5.10 Å². The van der Waals surface area contributed by atoms with Gasteiger partial charge in [-0.15, -0.1) is 0 Å². The number of nitrogens with zero attached hydrogens (tertiary/aromatic N) is 2. The lowest BCUT2D eigenvalue weighted by Crippen LogP contribution is -2.35. The molecule has 1 aromatic rings. The molecule has 100 valence electrons. The fourth-order valence-corrected chi connectivity index (χ4v) is 2.47. The van der Waals surface area contributed by atoms with Crippen LogP contribution in [0, 0.1) is 12.8 Å². The summed E-state index contributed by atoms with van der Waals surface area (Å²) in [6.07, 6.45) is 4.09. The van der Waals surface area contributed by atoms with E-state index in [9.17, 15) is 9.90 Å². The van der Waals surface area contributed by atoms with Crippen LogP contribution in [-0.2, 0) is 7.05 Å². The summed E-state index contributed by atoms with van der Waals surface area (Å²) in [5.41, 5.74) is 1.35. The molecule has 1 aliphatic rings. The molecule has 0 bridgehead atoms. The summed E-state index contributed by atoms with van der Waals surface area (Å²) in [6, 6.07) is 1.75. The van der Waals surface area contributed by atoms with Gasteiger partial charge in [0, 0.05) is 19.3 Å². The number of aliphatic hydroxyl groups excluding tert-OH is 1. The Balaban J connectivity index is 1.84. The van der Waals surface area contributed by atoms with E-state index in [1.165, 1.54) is 12.8 Å². The number of carbonyl (C=O) groups is 1. The quantitative estimate of drug-likeness (QED) is 0.839. The number of amides is 1. The molecular weight excluding hydrogens is 230 g/mol. The van der Waals surface area contributed by atoms with Gasteiger partial charge < -0.3 is 10.4 Å². The third-order valence-electron chi connectivity index (χ3n) is 3.76. The molecule has 0 radical (unpaired) electrons. The standard InChI is InChI=1S/C13H21N3O2/c1-9-7-11(15-16(9)2)13(18)14-8-12(17)10-5-3-4-6-10/h7,10,12,17H,3-6,8H2,1-2H3,(H,14,18). The first-order valence-electron chi connectivity index (χ1n) is 6.55. The summed E-state index contributed by atoms with van der Waals surface area (Å²) in [5.74, 6) is 0.131. The van der Waals surface area contributed by atoms with Gasteiger partial charge in [-0.1, -0.05) is 12.8 Å². The Morgan fingerprint density at radius 2 is 2.28 bits per heavy atom. The fraction of sp³-hybridized carbons (Fsp3) is 0.692. The Hall–Kier alpha value is -1.36. The fourth-order valence-electron chi connectivity index (χ4n) is 2.47. The van der Waals surface area contributed by atoms with Crippen molar-refractivity contribution in [1.82, 2.24) is 15.1 Å². The van der Waals surface area contributed by atoms with Crippen LogP contribution in [0.25, 0.3) is 0 Å². The van der Waals surface area contributed by atoms with Crippen molar-refractivity contribution in [2.24, 2.45) is 13.0 Å². The first-order valence-corrected chi connectivity index (χ1v) is 6.55. The van der Waals surface area contributed by atoms with E-state index in [1.54, 1.807) is 17.8 Å². The van der Waals surface area contributed by atoms with Gasteiger partial charge in [0.1, 0.15) is 5.69 Å². The van der Waals surface area contributed by atoms with E-state index in [1.807, 2.05) is 6.92 Å². The lowest BCUT2D eigenvalue weighted by Gasteiger charge is -2.17. The zero-order chi connectivity index (χ0) is 13.1. The molecular formula is C13H21N3O2. The van der Waals surface area contributed by atoms with Crippen molar-refractivity contribution >= 4 is 5.91 Å². The van der Waals surface area contributed by atoms with Gasteiger partial charge in [-0.25, -0.2) is 0 Å². The molecule has 0 aliphatic heterocycles. The highest BCUT2D eigenvalue weighted by molar-refractivity contribution is 5.92. The molecule has 0 saturated heterocycles. The predicted molar refractivity (Wildman–Crippen MR) is 68.2 cm³/mol. The van der Waals surface area contributed by atoms with Crippen LogP contribution in [0.4, 0.5) is 0 Å². The maximum Gasteiger partial charge on any atom is 0.271 e. The minimum absolute atomic E-state index is 0.212.